The van der Waals surface area contributed by atoms with E-state index in [9.17, 15) is 4.79 Å². The molecule has 3 rings (SSSR count). The van der Waals surface area contributed by atoms with E-state index in [0.29, 0.717) is 29.5 Å². The Balaban J connectivity index is 1.83. The van der Waals surface area contributed by atoms with Gasteiger partial charge in [0.2, 0.25) is 0 Å². The Labute approximate surface area is 165 Å². The molecule has 0 unspecified atom stereocenters. The number of aromatic nitrogens is 2. The molecule has 0 aliphatic rings. The molecule has 0 atom stereocenters. The fraction of sp³-hybridized carbons (Fsp3) is 0.227. The van der Waals surface area contributed by atoms with E-state index in [-0.39, 0.29) is 12.0 Å². The Bertz CT molecular complexity index is 929. The number of para-hydroxylation sites is 3. The number of benzene rings is 2. The van der Waals surface area contributed by atoms with E-state index in [1.807, 2.05) is 74.2 Å². The zero-order valence-corrected chi connectivity index (χ0v) is 16.3. The zero-order chi connectivity index (χ0) is 19.9. The Hall–Kier alpha value is -3.41. The minimum absolute atomic E-state index is 0.00712. The predicted octanol–water partition coefficient (Wildman–Crippen LogP) is 4.67. The smallest absolute Gasteiger partial charge is 0.274 e. The Morgan fingerprint density at radius 3 is 2.50 bits per heavy atom. The summed E-state index contributed by atoms with van der Waals surface area (Å²) in [5, 5.41) is 2.88. The van der Waals surface area contributed by atoms with Crippen LogP contribution in [0.2, 0.25) is 0 Å². The number of nitrogens with zero attached hydrogens (tertiary/aromatic N) is 3. The minimum atomic E-state index is -0.312. The summed E-state index contributed by atoms with van der Waals surface area (Å²) >= 11 is 0. The predicted molar refractivity (Wildman–Crippen MR) is 111 cm³/mol. The number of carbonyl (C=O) groups is 1. The summed E-state index contributed by atoms with van der Waals surface area (Å²) in [5.41, 5.74) is 1.90. The van der Waals surface area contributed by atoms with Crippen molar-refractivity contribution in [1.82, 2.24) is 9.97 Å². The van der Waals surface area contributed by atoms with Crippen LogP contribution in [0.3, 0.4) is 0 Å². The average Bonchev–Trinajstić information content (AvgIpc) is 2.71. The molecule has 0 aliphatic heterocycles. The van der Waals surface area contributed by atoms with Crippen LogP contribution in [0, 0.1) is 0 Å². The van der Waals surface area contributed by atoms with E-state index in [1.165, 1.54) is 6.33 Å². The Kier molecular flexibility index (Phi) is 6.22. The van der Waals surface area contributed by atoms with E-state index in [1.54, 1.807) is 12.1 Å². The highest BCUT2D eigenvalue weighted by molar-refractivity contribution is 6.04. The molecule has 3 aromatic rings. The van der Waals surface area contributed by atoms with Gasteiger partial charge in [0.05, 0.1) is 11.8 Å². The van der Waals surface area contributed by atoms with Gasteiger partial charge in [0.25, 0.3) is 5.91 Å². The molecule has 144 valence electrons. The first-order valence-corrected chi connectivity index (χ1v) is 9.30. The van der Waals surface area contributed by atoms with Gasteiger partial charge in [0.15, 0.2) is 0 Å². The second kappa shape index (κ2) is 8.99. The van der Waals surface area contributed by atoms with Crippen LogP contribution in [0.15, 0.2) is 67.0 Å². The molecule has 0 saturated heterocycles. The molecule has 0 spiro atoms. The third-order valence-electron chi connectivity index (χ3n) is 4.04. The lowest BCUT2D eigenvalue weighted by atomic mass is 10.2. The molecule has 2 aromatic carbocycles. The van der Waals surface area contributed by atoms with Gasteiger partial charge >= 0.3 is 0 Å². The highest BCUT2D eigenvalue weighted by Gasteiger charge is 2.15. The van der Waals surface area contributed by atoms with Crippen LogP contribution in [0.5, 0.6) is 5.75 Å². The van der Waals surface area contributed by atoms with Crippen molar-refractivity contribution in [2.45, 2.75) is 26.9 Å². The molecule has 0 fully saturated rings. The van der Waals surface area contributed by atoms with Crippen LogP contribution in [-0.4, -0.2) is 28.5 Å². The highest BCUT2D eigenvalue weighted by atomic mass is 16.5. The first-order valence-electron chi connectivity index (χ1n) is 9.30. The van der Waals surface area contributed by atoms with Crippen molar-refractivity contribution in [3.8, 4) is 5.75 Å². The van der Waals surface area contributed by atoms with Gasteiger partial charge < -0.3 is 15.0 Å². The molecule has 6 heteroatoms. The van der Waals surface area contributed by atoms with Crippen LogP contribution in [-0.2, 0) is 0 Å². The third kappa shape index (κ3) is 4.65. The summed E-state index contributed by atoms with van der Waals surface area (Å²) in [6.07, 6.45) is 1.42. The number of hydrogen-bond acceptors (Lipinski definition) is 5. The Morgan fingerprint density at radius 2 is 1.79 bits per heavy atom. The van der Waals surface area contributed by atoms with Crippen molar-refractivity contribution in [3.05, 3.63) is 72.7 Å². The first kappa shape index (κ1) is 19.4. The van der Waals surface area contributed by atoms with Crippen molar-refractivity contribution in [2.75, 3.05) is 16.8 Å². The molecule has 1 amide bonds. The average molecular weight is 376 g/mol. The number of carbonyl (C=O) groups excluding carboxylic acids is 1. The van der Waals surface area contributed by atoms with Crippen molar-refractivity contribution in [3.63, 3.8) is 0 Å². The lowest BCUT2D eigenvalue weighted by Gasteiger charge is -2.22. The molecule has 28 heavy (non-hydrogen) atoms. The lowest BCUT2D eigenvalue weighted by Crippen LogP contribution is -2.20. The van der Waals surface area contributed by atoms with E-state index in [4.69, 9.17) is 4.74 Å². The Morgan fingerprint density at radius 1 is 1.07 bits per heavy atom. The minimum Gasteiger partial charge on any atom is -0.489 e. The van der Waals surface area contributed by atoms with Gasteiger partial charge in [-0.2, -0.15) is 0 Å². The summed E-state index contributed by atoms with van der Waals surface area (Å²) in [6.45, 7) is 6.64. The van der Waals surface area contributed by atoms with Crippen LogP contribution in [0.4, 0.5) is 17.2 Å². The third-order valence-corrected chi connectivity index (χ3v) is 4.04. The molecule has 1 aromatic heterocycles. The number of rotatable bonds is 7. The maximum atomic E-state index is 12.8. The maximum absolute atomic E-state index is 12.8. The number of nitrogens with one attached hydrogen (secondary N) is 1. The quantitative estimate of drug-likeness (QED) is 0.649. The molecular weight excluding hydrogens is 352 g/mol. The van der Waals surface area contributed by atoms with Crippen LogP contribution in [0.1, 0.15) is 31.3 Å². The molecule has 0 radical (unpaired) electrons. The van der Waals surface area contributed by atoms with Gasteiger partial charge in [-0.25, -0.2) is 9.97 Å². The lowest BCUT2D eigenvalue weighted by molar-refractivity contribution is 0.102. The highest BCUT2D eigenvalue weighted by Crippen LogP contribution is 2.26. The molecule has 6 nitrogen and oxygen atoms in total. The van der Waals surface area contributed by atoms with E-state index in [0.717, 1.165) is 5.69 Å². The number of anilines is 3. The van der Waals surface area contributed by atoms with Crippen LogP contribution in [0.25, 0.3) is 0 Å². The van der Waals surface area contributed by atoms with Gasteiger partial charge in [-0.05, 0) is 45.0 Å². The zero-order valence-electron chi connectivity index (χ0n) is 16.3. The number of amides is 1. The summed E-state index contributed by atoms with van der Waals surface area (Å²) in [6, 6.07) is 19.0. The molecule has 0 bridgehead atoms. The van der Waals surface area contributed by atoms with E-state index < -0.39 is 0 Å². The van der Waals surface area contributed by atoms with Gasteiger partial charge in [-0.1, -0.05) is 30.3 Å². The van der Waals surface area contributed by atoms with Crippen LogP contribution < -0.4 is 15.0 Å². The van der Waals surface area contributed by atoms with Crippen molar-refractivity contribution in [1.29, 1.82) is 0 Å². The SMILES string of the molecule is CCN(c1ccccc1)c1cc(C(=O)Nc2ccccc2OC(C)C)ncn1. The number of hydrogen-bond donors (Lipinski definition) is 1. The largest absolute Gasteiger partial charge is 0.489 e. The van der Waals surface area contributed by atoms with Crippen molar-refractivity contribution >= 4 is 23.1 Å². The second-order valence-electron chi connectivity index (χ2n) is 6.46. The van der Waals surface area contributed by atoms with Crippen LogP contribution >= 0.6 is 0 Å². The molecule has 1 heterocycles. The van der Waals surface area contributed by atoms with E-state index in [2.05, 4.69) is 15.3 Å². The summed E-state index contributed by atoms with van der Waals surface area (Å²) < 4.78 is 5.76. The molecule has 0 saturated carbocycles. The monoisotopic (exact) mass is 376 g/mol. The first-order chi connectivity index (χ1) is 13.6. The van der Waals surface area contributed by atoms with Gasteiger partial charge in [-0.15, -0.1) is 0 Å². The van der Waals surface area contributed by atoms with Gasteiger partial charge in [0, 0.05) is 18.3 Å². The van der Waals surface area contributed by atoms with Crippen molar-refractivity contribution < 1.29 is 9.53 Å². The standard InChI is InChI=1S/C22H24N4O2/c1-4-26(17-10-6-5-7-11-17)21-14-19(23-15-24-21)22(27)25-18-12-8-9-13-20(18)28-16(2)3/h5-16H,4H2,1-3H3,(H,25,27). The number of ether oxygens (including phenoxy) is 1. The summed E-state index contributed by atoms with van der Waals surface area (Å²) in [5.74, 6) is 0.979. The summed E-state index contributed by atoms with van der Waals surface area (Å²) in [7, 11) is 0. The topological polar surface area (TPSA) is 67.4 Å². The van der Waals surface area contributed by atoms with Crippen molar-refractivity contribution in [2.24, 2.45) is 0 Å². The summed E-state index contributed by atoms with van der Waals surface area (Å²) in [4.78, 5) is 23.3. The van der Waals surface area contributed by atoms with Gasteiger partial charge in [-0.3, -0.25) is 4.79 Å². The van der Waals surface area contributed by atoms with E-state index >= 15 is 0 Å². The maximum Gasteiger partial charge on any atom is 0.274 e. The normalized spacial score (nSPS) is 10.6. The fourth-order valence-corrected chi connectivity index (χ4v) is 2.82. The molecule has 1 N–H and O–H groups in total. The molecular formula is C22H24N4O2. The van der Waals surface area contributed by atoms with Gasteiger partial charge in [0.1, 0.15) is 23.6 Å². The fourth-order valence-electron chi connectivity index (χ4n) is 2.82. The molecule has 0 aliphatic carbocycles. The second-order valence-corrected chi connectivity index (χ2v) is 6.46.